The number of amidine groups is 1. The van der Waals surface area contributed by atoms with Crippen LogP contribution in [0.4, 0.5) is 0 Å². The van der Waals surface area contributed by atoms with Gasteiger partial charge in [-0.25, -0.2) is 4.99 Å². The van der Waals surface area contributed by atoms with Crippen molar-refractivity contribution < 1.29 is 9.59 Å². The zero-order valence-electron chi connectivity index (χ0n) is 24.9. The van der Waals surface area contributed by atoms with E-state index in [4.69, 9.17) is 5.41 Å². The zero-order valence-corrected chi connectivity index (χ0v) is 25.7. The van der Waals surface area contributed by atoms with Crippen molar-refractivity contribution in [3.8, 4) is 0 Å². The summed E-state index contributed by atoms with van der Waals surface area (Å²) in [6, 6.07) is 3.76. The number of nitrogens with zero attached hydrogens (tertiary/aromatic N) is 3. The van der Waals surface area contributed by atoms with E-state index in [-0.39, 0.29) is 11.9 Å². The lowest BCUT2D eigenvalue weighted by molar-refractivity contribution is -0.124. The van der Waals surface area contributed by atoms with Crippen LogP contribution in [0.1, 0.15) is 78.0 Å². The molecule has 9 heteroatoms. The Hall–Kier alpha value is -3.33. The van der Waals surface area contributed by atoms with Gasteiger partial charge in [-0.1, -0.05) is 40.2 Å². The summed E-state index contributed by atoms with van der Waals surface area (Å²) in [6.45, 7) is 12.1. The Balaban J connectivity index is 0.000000708. The van der Waals surface area contributed by atoms with Gasteiger partial charge in [-0.3, -0.25) is 14.6 Å². The van der Waals surface area contributed by atoms with Gasteiger partial charge in [-0.05, 0) is 55.7 Å². The quantitative estimate of drug-likeness (QED) is 0.122. The van der Waals surface area contributed by atoms with Crippen LogP contribution in [0.15, 0.2) is 53.1 Å². The number of aldehydes is 1. The van der Waals surface area contributed by atoms with Crippen molar-refractivity contribution >= 4 is 45.7 Å². The highest BCUT2D eigenvalue weighted by molar-refractivity contribution is 7.19. The third-order valence-corrected chi connectivity index (χ3v) is 7.75. The average Bonchev–Trinajstić information content (AvgIpc) is 3.51. The Morgan fingerprint density at radius 1 is 1.32 bits per heavy atom. The molecule has 40 heavy (non-hydrogen) atoms. The molecular weight excluding hydrogens is 520 g/mol. The van der Waals surface area contributed by atoms with Crippen LogP contribution in [0.2, 0.25) is 0 Å². The van der Waals surface area contributed by atoms with Crippen molar-refractivity contribution in [1.82, 2.24) is 20.5 Å². The van der Waals surface area contributed by atoms with Gasteiger partial charge in [0, 0.05) is 53.6 Å². The van der Waals surface area contributed by atoms with E-state index in [9.17, 15) is 9.59 Å². The van der Waals surface area contributed by atoms with Gasteiger partial charge in [0.05, 0.1) is 18.4 Å². The summed E-state index contributed by atoms with van der Waals surface area (Å²) >= 11 is 1.65. The monoisotopic (exact) mass is 566 g/mol. The van der Waals surface area contributed by atoms with Crippen molar-refractivity contribution in [2.24, 2.45) is 10.4 Å². The molecule has 0 aliphatic carbocycles. The van der Waals surface area contributed by atoms with Gasteiger partial charge in [0.15, 0.2) is 6.29 Å². The van der Waals surface area contributed by atoms with Crippen LogP contribution in [-0.2, 0) is 16.1 Å². The third-order valence-electron chi connectivity index (χ3n) is 6.63. The minimum absolute atomic E-state index is 0.0259. The van der Waals surface area contributed by atoms with Gasteiger partial charge in [0.1, 0.15) is 11.9 Å². The molecule has 1 saturated heterocycles. The largest absolute Gasteiger partial charge is 0.381 e. The van der Waals surface area contributed by atoms with Gasteiger partial charge in [-0.2, -0.15) is 0 Å². The van der Waals surface area contributed by atoms with Crippen LogP contribution in [0.5, 0.6) is 0 Å². The lowest BCUT2D eigenvalue weighted by Crippen LogP contribution is -2.42. The summed E-state index contributed by atoms with van der Waals surface area (Å²) < 4.78 is 1.16. The number of fused-ring (bicyclic) bond motifs is 1. The van der Waals surface area contributed by atoms with E-state index >= 15 is 0 Å². The Morgan fingerprint density at radius 3 is 2.70 bits per heavy atom. The first-order valence-electron chi connectivity index (χ1n) is 14.1. The Bertz CT molecular complexity index is 1170. The van der Waals surface area contributed by atoms with E-state index in [2.05, 4.69) is 54.4 Å². The summed E-state index contributed by atoms with van der Waals surface area (Å²) in [5.41, 5.74) is 1.92. The smallest absolute Gasteiger partial charge is 0.243 e. The molecule has 2 aromatic rings. The molecular formula is C31H46N6O2S. The highest BCUT2D eigenvalue weighted by Crippen LogP contribution is 2.25. The highest BCUT2D eigenvalue weighted by Gasteiger charge is 2.31. The van der Waals surface area contributed by atoms with Crippen LogP contribution in [0.3, 0.4) is 0 Å². The number of likely N-dealkylation sites (N-methyl/N-ethyl adjacent to an activating group) is 1. The van der Waals surface area contributed by atoms with E-state index in [1.165, 1.54) is 25.3 Å². The molecule has 1 aliphatic rings. The number of allylic oxidation sites excluding steroid dienone is 3. The summed E-state index contributed by atoms with van der Waals surface area (Å²) in [5, 5.41) is 14.5. The SMILES string of the molecule is C/C=C(\C=N)CCCN/C(C=O)=C/N=C1CCC(C(=O)NCc2cc3cnccc3s2)N1C.CCCC(C)(C)C. The number of carbonyl (C=O) groups excluding carboxylic acids is 2. The number of pyridine rings is 1. The van der Waals surface area contributed by atoms with Crippen LogP contribution in [-0.4, -0.2) is 53.8 Å². The van der Waals surface area contributed by atoms with Gasteiger partial charge in [-0.15, -0.1) is 11.3 Å². The number of aliphatic imine (C=N–C) groups is 1. The van der Waals surface area contributed by atoms with Crippen LogP contribution < -0.4 is 10.6 Å². The number of hydrogen-bond acceptors (Lipinski definition) is 7. The second kappa shape index (κ2) is 16.7. The van der Waals surface area contributed by atoms with Crippen LogP contribution in [0, 0.1) is 10.8 Å². The molecule has 1 unspecified atom stereocenters. The number of nitrogens with one attached hydrogen (secondary N) is 3. The number of thiophene rings is 1. The topological polar surface area (TPSA) is 111 Å². The number of hydrogen-bond donors (Lipinski definition) is 3. The number of aromatic nitrogens is 1. The predicted octanol–water partition coefficient (Wildman–Crippen LogP) is 6.24. The lowest BCUT2D eigenvalue weighted by Gasteiger charge is -2.21. The maximum Gasteiger partial charge on any atom is 0.243 e. The second-order valence-corrected chi connectivity index (χ2v) is 12.3. The number of amides is 1. The number of rotatable bonds is 12. The molecule has 3 rings (SSSR count). The fourth-order valence-electron chi connectivity index (χ4n) is 4.43. The van der Waals surface area contributed by atoms with E-state index in [0.29, 0.717) is 37.0 Å². The molecule has 1 amide bonds. The molecule has 218 valence electrons. The first-order chi connectivity index (χ1) is 19.1. The molecule has 3 heterocycles. The molecule has 0 spiro atoms. The first-order valence-corrected chi connectivity index (χ1v) is 14.9. The molecule has 1 fully saturated rings. The van der Waals surface area contributed by atoms with Crippen molar-refractivity contribution in [3.05, 3.63) is 52.9 Å². The van der Waals surface area contributed by atoms with E-state index in [0.717, 1.165) is 45.5 Å². The van der Waals surface area contributed by atoms with Gasteiger partial charge < -0.3 is 20.9 Å². The van der Waals surface area contributed by atoms with E-state index < -0.39 is 0 Å². The third kappa shape index (κ3) is 11.0. The summed E-state index contributed by atoms with van der Waals surface area (Å²) in [4.78, 5) is 35.7. The Kier molecular flexibility index (Phi) is 13.7. The molecule has 2 aromatic heterocycles. The molecule has 0 saturated carbocycles. The summed E-state index contributed by atoms with van der Waals surface area (Å²) in [7, 11) is 1.86. The maximum atomic E-state index is 12.7. The van der Waals surface area contributed by atoms with Crippen molar-refractivity contribution in [2.75, 3.05) is 13.6 Å². The number of likely N-dealkylation sites (tertiary alicyclic amines) is 1. The fraction of sp³-hybridized carbons (Fsp3) is 0.516. The molecule has 0 bridgehead atoms. The second-order valence-electron chi connectivity index (χ2n) is 11.1. The van der Waals surface area contributed by atoms with E-state index in [1.54, 1.807) is 17.5 Å². The normalized spacial score (nSPS) is 17.0. The van der Waals surface area contributed by atoms with Gasteiger partial charge in [0.2, 0.25) is 5.91 Å². The maximum absolute atomic E-state index is 12.7. The van der Waals surface area contributed by atoms with Crippen LogP contribution in [0.25, 0.3) is 10.1 Å². The minimum Gasteiger partial charge on any atom is -0.381 e. The van der Waals surface area contributed by atoms with E-state index in [1.807, 2.05) is 37.2 Å². The van der Waals surface area contributed by atoms with Crippen molar-refractivity contribution in [2.45, 2.75) is 85.7 Å². The van der Waals surface area contributed by atoms with Gasteiger partial charge in [0.25, 0.3) is 0 Å². The minimum atomic E-state index is -0.277. The highest BCUT2D eigenvalue weighted by atomic mass is 32.1. The first kappa shape index (κ1) is 32.9. The predicted molar refractivity (Wildman–Crippen MR) is 168 cm³/mol. The van der Waals surface area contributed by atoms with Crippen LogP contribution >= 0.6 is 11.3 Å². The van der Waals surface area contributed by atoms with Gasteiger partial charge >= 0.3 is 0 Å². The Labute approximate surface area is 243 Å². The molecule has 0 aromatic carbocycles. The fourth-order valence-corrected chi connectivity index (χ4v) is 5.40. The Morgan fingerprint density at radius 2 is 2.10 bits per heavy atom. The molecule has 0 radical (unpaired) electrons. The number of carbonyl (C=O) groups is 2. The molecule has 3 N–H and O–H groups in total. The molecule has 8 nitrogen and oxygen atoms in total. The van der Waals surface area contributed by atoms with Crippen molar-refractivity contribution in [3.63, 3.8) is 0 Å². The molecule has 1 aliphatic heterocycles. The summed E-state index contributed by atoms with van der Waals surface area (Å²) in [5.74, 6) is 0.756. The van der Waals surface area contributed by atoms with Crippen molar-refractivity contribution in [1.29, 1.82) is 5.41 Å². The lowest BCUT2D eigenvalue weighted by atomic mass is 9.91. The standard InChI is InChI=1S/C24H30N6O2S.C7H16/c1-3-17(12-25)5-4-9-27-19(16-31)14-28-23-7-6-21(30(23)2)24(32)29-15-20-11-18-13-26-10-8-22(18)33-20;1-5-6-7(2,3)4/h3,8,10-14,16,21,25,27H,4-7,9,15H2,1-2H3,(H,29,32);5-6H2,1-4H3/b17-3-,19-14+,25-12?,28-23?;. The molecule has 1 atom stereocenters. The average molecular weight is 567 g/mol. The summed E-state index contributed by atoms with van der Waals surface area (Å²) in [6.07, 6.45) is 14.7. The zero-order chi connectivity index (χ0) is 29.5.